The highest BCUT2D eigenvalue weighted by Gasteiger charge is 2.16. The van der Waals surface area contributed by atoms with Crippen molar-refractivity contribution >= 4 is 21.8 Å². The molecule has 0 aromatic heterocycles. The number of nitrogens with zero attached hydrogens (tertiary/aromatic N) is 1. The average Bonchev–Trinajstić information content (AvgIpc) is 2.37. The van der Waals surface area contributed by atoms with E-state index in [-0.39, 0.29) is 11.8 Å². The Morgan fingerprint density at radius 2 is 2.00 bits per heavy atom. The number of rotatable bonds is 6. The van der Waals surface area contributed by atoms with Gasteiger partial charge in [0.1, 0.15) is 0 Å². The summed E-state index contributed by atoms with van der Waals surface area (Å²) in [5, 5.41) is 3.03. The Kier molecular flexibility index (Phi) is 6.36. The number of hydrogen-bond donors (Lipinski definition) is 1. The standard InChI is InChI=1S/C14H21BrN2O/c1-11(10-16-2)14(18)17(3)9-8-12-4-6-13(15)7-5-12/h4-7,11,16H,8-10H2,1-3H3. The Balaban J connectivity index is 2.43. The van der Waals surface area contributed by atoms with Gasteiger partial charge in [0.15, 0.2) is 0 Å². The summed E-state index contributed by atoms with van der Waals surface area (Å²) in [6, 6.07) is 8.22. The second kappa shape index (κ2) is 7.54. The summed E-state index contributed by atoms with van der Waals surface area (Å²) in [7, 11) is 3.74. The van der Waals surface area contributed by atoms with E-state index in [0.717, 1.165) is 24.0 Å². The van der Waals surface area contributed by atoms with E-state index in [0.29, 0.717) is 0 Å². The summed E-state index contributed by atoms with van der Waals surface area (Å²) in [6.07, 6.45) is 0.891. The molecule has 0 heterocycles. The molecule has 1 aromatic rings. The van der Waals surface area contributed by atoms with Crippen LogP contribution in [0, 0.1) is 5.92 Å². The van der Waals surface area contributed by atoms with Gasteiger partial charge in [0.2, 0.25) is 5.91 Å². The molecule has 0 saturated heterocycles. The fraction of sp³-hybridized carbons (Fsp3) is 0.500. The normalized spacial score (nSPS) is 12.2. The van der Waals surface area contributed by atoms with E-state index >= 15 is 0 Å². The van der Waals surface area contributed by atoms with Gasteiger partial charge < -0.3 is 10.2 Å². The minimum absolute atomic E-state index is 0.0323. The molecule has 0 aliphatic carbocycles. The van der Waals surface area contributed by atoms with Crippen LogP contribution in [0.25, 0.3) is 0 Å². The number of benzene rings is 1. The SMILES string of the molecule is CNCC(C)C(=O)N(C)CCc1ccc(Br)cc1. The van der Waals surface area contributed by atoms with Crippen molar-refractivity contribution < 1.29 is 4.79 Å². The van der Waals surface area contributed by atoms with Crippen molar-refractivity contribution in [2.75, 3.05) is 27.2 Å². The predicted molar refractivity (Wildman–Crippen MR) is 78.6 cm³/mol. The van der Waals surface area contributed by atoms with E-state index < -0.39 is 0 Å². The molecule has 0 aliphatic rings. The lowest BCUT2D eigenvalue weighted by molar-refractivity contribution is -0.133. The van der Waals surface area contributed by atoms with Crippen molar-refractivity contribution in [3.05, 3.63) is 34.3 Å². The average molecular weight is 313 g/mol. The molecule has 1 rings (SSSR count). The molecule has 1 atom stereocenters. The lowest BCUT2D eigenvalue weighted by Crippen LogP contribution is -2.37. The van der Waals surface area contributed by atoms with E-state index in [9.17, 15) is 4.79 Å². The summed E-state index contributed by atoms with van der Waals surface area (Å²) in [5.41, 5.74) is 1.25. The lowest BCUT2D eigenvalue weighted by Gasteiger charge is -2.21. The fourth-order valence-corrected chi connectivity index (χ4v) is 2.09. The second-order valence-electron chi connectivity index (χ2n) is 4.59. The number of halogens is 1. The summed E-state index contributed by atoms with van der Waals surface area (Å²) in [6.45, 7) is 3.44. The Labute approximate surface area is 118 Å². The van der Waals surface area contributed by atoms with Crippen LogP contribution >= 0.6 is 15.9 Å². The second-order valence-corrected chi connectivity index (χ2v) is 5.51. The highest BCUT2D eigenvalue weighted by molar-refractivity contribution is 9.10. The molecule has 3 nitrogen and oxygen atoms in total. The van der Waals surface area contributed by atoms with E-state index in [2.05, 4.69) is 33.4 Å². The Bertz CT molecular complexity index is 378. The van der Waals surface area contributed by atoms with Gasteiger partial charge in [-0.05, 0) is 31.2 Å². The summed E-state index contributed by atoms with van der Waals surface area (Å²) in [5.74, 6) is 0.228. The zero-order chi connectivity index (χ0) is 13.5. The van der Waals surface area contributed by atoms with Crippen LogP contribution in [0.1, 0.15) is 12.5 Å². The van der Waals surface area contributed by atoms with Crippen LogP contribution in [0.15, 0.2) is 28.7 Å². The van der Waals surface area contributed by atoms with E-state index in [1.54, 1.807) is 0 Å². The van der Waals surface area contributed by atoms with Crippen molar-refractivity contribution in [1.29, 1.82) is 0 Å². The summed E-state index contributed by atoms with van der Waals surface area (Å²) < 4.78 is 1.08. The highest BCUT2D eigenvalue weighted by Crippen LogP contribution is 2.11. The number of carbonyl (C=O) groups is 1. The molecule has 0 saturated carbocycles. The molecule has 0 spiro atoms. The molecule has 1 aromatic carbocycles. The van der Waals surface area contributed by atoms with Gasteiger partial charge in [-0.15, -0.1) is 0 Å². The zero-order valence-electron chi connectivity index (χ0n) is 11.2. The van der Waals surface area contributed by atoms with Gasteiger partial charge in [0.05, 0.1) is 0 Å². The number of nitrogens with one attached hydrogen (secondary N) is 1. The van der Waals surface area contributed by atoms with Crippen LogP contribution in [0.5, 0.6) is 0 Å². The third-order valence-electron chi connectivity index (χ3n) is 2.96. The van der Waals surface area contributed by atoms with Crippen molar-refractivity contribution in [1.82, 2.24) is 10.2 Å². The number of amides is 1. The van der Waals surface area contributed by atoms with Gasteiger partial charge in [-0.3, -0.25) is 4.79 Å². The summed E-state index contributed by atoms with van der Waals surface area (Å²) in [4.78, 5) is 13.8. The smallest absolute Gasteiger partial charge is 0.226 e. The molecule has 4 heteroatoms. The van der Waals surface area contributed by atoms with Gasteiger partial charge in [-0.2, -0.15) is 0 Å². The minimum Gasteiger partial charge on any atom is -0.345 e. The first kappa shape index (κ1) is 15.2. The highest BCUT2D eigenvalue weighted by atomic mass is 79.9. The third-order valence-corrected chi connectivity index (χ3v) is 3.49. The number of carbonyl (C=O) groups excluding carboxylic acids is 1. The van der Waals surface area contributed by atoms with Crippen molar-refractivity contribution in [2.45, 2.75) is 13.3 Å². The Morgan fingerprint density at radius 1 is 1.39 bits per heavy atom. The van der Waals surface area contributed by atoms with Crippen LogP contribution in [0.2, 0.25) is 0 Å². The van der Waals surface area contributed by atoms with Crippen LogP contribution in [0.3, 0.4) is 0 Å². The molecule has 1 unspecified atom stereocenters. The maximum Gasteiger partial charge on any atom is 0.226 e. The van der Waals surface area contributed by atoms with Gasteiger partial charge in [0, 0.05) is 30.5 Å². The number of hydrogen-bond acceptors (Lipinski definition) is 2. The van der Waals surface area contributed by atoms with Gasteiger partial charge in [-0.25, -0.2) is 0 Å². The molecule has 1 N–H and O–H groups in total. The molecule has 0 aliphatic heterocycles. The first-order valence-corrected chi connectivity index (χ1v) is 6.98. The fourth-order valence-electron chi connectivity index (χ4n) is 1.83. The Hall–Kier alpha value is -0.870. The van der Waals surface area contributed by atoms with E-state index in [1.165, 1.54) is 5.56 Å². The molecular weight excluding hydrogens is 292 g/mol. The van der Waals surface area contributed by atoms with Crippen molar-refractivity contribution in [3.63, 3.8) is 0 Å². The van der Waals surface area contributed by atoms with Gasteiger partial charge >= 0.3 is 0 Å². The quantitative estimate of drug-likeness (QED) is 0.874. The van der Waals surface area contributed by atoms with E-state index in [4.69, 9.17) is 0 Å². The molecular formula is C14H21BrN2O. The lowest BCUT2D eigenvalue weighted by atomic mass is 10.1. The van der Waals surface area contributed by atoms with Crippen LogP contribution in [-0.2, 0) is 11.2 Å². The van der Waals surface area contributed by atoms with Crippen molar-refractivity contribution in [3.8, 4) is 0 Å². The van der Waals surface area contributed by atoms with Crippen LogP contribution in [0.4, 0.5) is 0 Å². The van der Waals surface area contributed by atoms with Gasteiger partial charge in [-0.1, -0.05) is 35.0 Å². The first-order chi connectivity index (χ1) is 8.54. The monoisotopic (exact) mass is 312 g/mol. The maximum atomic E-state index is 12.0. The van der Waals surface area contributed by atoms with Crippen molar-refractivity contribution in [2.24, 2.45) is 5.92 Å². The third kappa shape index (κ3) is 4.78. The molecule has 100 valence electrons. The maximum absolute atomic E-state index is 12.0. The van der Waals surface area contributed by atoms with Gasteiger partial charge in [0.25, 0.3) is 0 Å². The summed E-state index contributed by atoms with van der Waals surface area (Å²) >= 11 is 3.41. The molecule has 0 fully saturated rings. The Morgan fingerprint density at radius 3 is 2.56 bits per heavy atom. The zero-order valence-corrected chi connectivity index (χ0v) is 12.8. The van der Waals surface area contributed by atoms with Crippen LogP contribution < -0.4 is 5.32 Å². The first-order valence-electron chi connectivity index (χ1n) is 6.18. The number of likely N-dealkylation sites (N-methyl/N-ethyl adjacent to an activating group) is 1. The minimum atomic E-state index is 0.0323. The largest absolute Gasteiger partial charge is 0.345 e. The molecule has 0 radical (unpaired) electrons. The topological polar surface area (TPSA) is 32.3 Å². The van der Waals surface area contributed by atoms with Crippen LogP contribution in [-0.4, -0.2) is 38.0 Å². The molecule has 18 heavy (non-hydrogen) atoms. The molecule has 0 bridgehead atoms. The van der Waals surface area contributed by atoms with E-state index in [1.807, 2.05) is 38.1 Å². The molecule has 1 amide bonds. The predicted octanol–water partition coefficient (Wildman–Crippen LogP) is 2.31.